The van der Waals surface area contributed by atoms with Gasteiger partial charge in [0.25, 0.3) is 0 Å². The van der Waals surface area contributed by atoms with Gasteiger partial charge >= 0.3 is 6.18 Å². The van der Waals surface area contributed by atoms with Crippen LogP contribution in [0, 0.1) is 6.92 Å². The maximum absolute atomic E-state index is 12.7. The fourth-order valence-corrected chi connectivity index (χ4v) is 2.19. The average Bonchev–Trinajstić information content (AvgIpc) is 3.17. The maximum Gasteiger partial charge on any atom is 0.405 e. The van der Waals surface area contributed by atoms with Gasteiger partial charge in [0.2, 0.25) is 0 Å². The predicted molar refractivity (Wildman–Crippen MR) is 77.4 cm³/mol. The highest BCUT2D eigenvalue weighted by Gasteiger charge is 2.32. The lowest BCUT2D eigenvalue weighted by Crippen LogP contribution is -2.39. The molecule has 0 aromatic carbocycles. The zero-order valence-electron chi connectivity index (χ0n) is 12.7. The molecule has 1 N–H and O–H groups in total. The molecule has 0 atom stereocenters. The van der Waals surface area contributed by atoms with Crippen molar-refractivity contribution in [1.82, 2.24) is 10.3 Å². The molecule has 0 spiro atoms. The van der Waals surface area contributed by atoms with Gasteiger partial charge in [0.05, 0.1) is 0 Å². The molecular formula is C15H22F3N3. The third-order valence-electron chi connectivity index (χ3n) is 3.61. The second-order valence-electron chi connectivity index (χ2n) is 5.91. The van der Waals surface area contributed by atoms with E-state index in [9.17, 15) is 13.2 Å². The highest BCUT2D eigenvalue weighted by Crippen LogP contribution is 2.24. The lowest BCUT2D eigenvalue weighted by Gasteiger charge is -2.29. The van der Waals surface area contributed by atoms with Crippen LogP contribution in [0.3, 0.4) is 0 Å². The lowest BCUT2D eigenvalue weighted by molar-refractivity contribution is -0.120. The minimum absolute atomic E-state index is 0.256. The first kappa shape index (κ1) is 16.1. The van der Waals surface area contributed by atoms with Crippen LogP contribution in [0.25, 0.3) is 0 Å². The van der Waals surface area contributed by atoms with Gasteiger partial charge in [-0.15, -0.1) is 0 Å². The van der Waals surface area contributed by atoms with Crippen molar-refractivity contribution in [2.75, 3.05) is 11.4 Å². The first-order chi connectivity index (χ1) is 9.76. The van der Waals surface area contributed by atoms with Gasteiger partial charge in [-0.25, -0.2) is 4.98 Å². The van der Waals surface area contributed by atoms with Gasteiger partial charge in [0.15, 0.2) is 0 Å². The number of aromatic nitrogens is 1. The van der Waals surface area contributed by atoms with Crippen molar-refractivity contribution in [1.29, 1.82) is 0 Å². The number of hydrogen-bond donors (Lipinski definition) is 1. The number of hydrogen-bond acceptors (Lipinski definition) is 3. The second-order valence-corrected chi connectivity index (χ2v) is 5.91. The third-order valence-corrected chi connectivity index (χ3v) is 3.61. The molecule has 1 aromatic rings. The van der Waals surface area contributed by atoms with E-state index in [2.05, 4.69) is 10.3 Å². The summed E-state index contributed by atoms with van der Waals surface area (Å²) in [6.45, 7) is 5.08. The fraction of sp³-hybridized carbons (Fsp3) is 0.667. The van der Waals surface area contributed by atoms with Crippen molar-refractivity contribution < 1.29 is 13.2 Å². The van der Waals surface area contributed by atoms with E-state index in [0.717, 1.165) is 17.8 Å². The SMILES string of the molecule is Cc1nc(N(CC(F)(F)F)C(C)C)ccc1CNC1CC1. The number of alkyl halides is 3. The van der Waals surface area contributed by atoms with E-state index in [-0.39, 0.29) is 6.04 Å². The van der Waals surface area contributed by atoms with Crippen molar-refractivity contribution in [3.8, 4) is 0 Å². The van der Waals surface area contributed by atoms with E-state index >= 15 is 0 Å². The molecule has 1 aliphatic rings. The topological polar surface area (TPSA) is 28.2 Å². The summed E-state index contributed by atoms with van der Waals surface area (Å²) in [6, 6.07) is 3.90. The van der Waals surface area contributed by atoms with E-state index < -0.39 is 12.7 Å². The third kappa shape index (κ3) is 4.88. The Morgan fingerprint density at radius 1 is 1.33 bits per heavy atom. The predicted octanol–water partition coefficient (Wildman–Crippen LogP) is 3.42. The van der Waals surface area contributed by atoms with Crippen molar-refractivity contribution in [3.63, 3.8) is 0 Å². The lowest BCUT2D eigenvalue weighted by atomic mass is 10.2. The van der Waals surface area contributed by atoms with Crippen molar-refractivity contribution in [2.24, 2.45) is 0 Å². The summed E-state index contributed by atoms with van der Waals surface area (Å²) < 4.78 is 38.0. The molecular weight excluding hydrogens is 279 g/mol. The minimum Gasteiger partial charge on any atom is -0.345 e. The molecule has 1 aromatic heterocycles. The van der Waals surface area contributed by atoms with Crippen LogP contribution >= 0.6 is 0 Å². The normalized spacial score (nSPS) is 15.6. The molecule has 1 fully saturated rings. The van der Waals surface area contributed by atoms with Crippen LogP contribution in [0.1, 0.15) is 37.9 Å². The molecule has 0 amide bonds. The summed E-state index contributed by atoms with van der Waals surface area (Å²) in [6.07, 6.45) is -1.82. The van der Waals surface area contributed by atoms with Crippen LogP contribution in [0.15, 0.2) is 12.1 Å². The number of rotatable bonds is 6. The van der Waals surface area contributed by atoms with Crippen molar-refractivity contribution >= 4 is 5.82 Å². The van der Waals surface area contributed by atoms with Crippen LogP contribution in [0.5, 0.6) is 0 Å². The average molecular weight is 301 g/mol. The molecule has 0 bridgehead atoms. The van der Waals surface area contributed by atoms with Gasteiger partial charge < -0.3 is 10.2 Å². The van der Waals surface area contributed by atoms with Gasteiger partial charge in [0, 0.05) is 24.3 Å². The second kappa shape index (κ2) is 6.22. The molecule has 1 heterocycles. The Hall–Kier alpha value is -1.30. The van der Waals surface area contributed by atoms with E-state index in [1.807, 2.05) is 13.0 Å². The molecule has 0 radical (unpaired) electrons. The van der Waals surface area contributed by atoms with E-state index in [0.29, 0.717) is 11.9 Å². The molecule has 0 unspecified atom stereocenters. The monoisotopic (exact) mass is 301 g/mol. The van der Waals surface area contributed by atoms with E-state index in [1.54, 1.807) is 19.9 Å². The van der Waals surface area contributed by atoms with Crippen molar-refractivity contribution in [2.45, 2.75) is 58.4 Å². The largest absolute Gasteiger partial charge is 0.405 e. The Morgan fingerprint density at radius 3 is 2.48 bits per heavy atom. The molecule has 6 heteroatoms. The highest BCUT2D eigenvalue weighted by atomic mass is 19.4. The number of halogens is 3. The minimum atomic E-state index is -4.23. The Balaban J connectivity index is 2.11. The smallest absolute Gasteiger partial charge is 0.345 e. The van der Waals surface area contributed by atoms with Gasteiger partial charge in [-0.05, 0) is 45.2 Å². The zero-order chi connectivity index (χ0) is 15.6. The van der Waals surface area contributed by atoms with Crippen LogP contribution in [0.4, 0.5) is 19.0 Å². The quantitative estimate of drug-likeness (QED) is 0.872. The molecule has 1 aliphatic carbocycles. The Labute approximate surface area is 123 Å². The number of anilines is 1. The van der Waals surface area contributed by atoms with Gasteiger partial charge in [-0.2, -0.15) is 13.2 Å². The first-order valence-electron chi connectivity index (χ1n) is 7.29. The van der Waals surface area contributed by atoms with Gasteiger partial charge in [-0.1, -0.05) is 6.07 Å². The number of aryl methyl sites for hydroxylation is 1. The van der Waals surface area contributed by atoms with E-state index in [4.69, 9.17) is 0 Å². The summed E-state index contributed by atoms with van der Waals surface area (Å²) in [5.74, 6) is 0.384. The van der Waals surface area contributed by atoms with Crippen LogP contribution in [-0.4, -0.2) is 29.8 Å². The zero-order valence-corrected chi connectivity index (χ0v) is 12.7. The molecule has 3 nitrogen and oxygen atoms in total. The molecule has 0 aliphatic heterocycles. The number of nitrogens with one attached hydrogen (secondary N) is 1. The Morgan fingerprint density at radius 2 is 2.00 bits per heavy atom. The maximum atomic E-state index is 12.7. The molecule has 21 heavy (non-hydrogen) atoms. The van der Waals surface area contributed by atoms with Gasteiger partial charge in [-0.3, -0.25) is 0 Å². The van der Waals surface area contributed by atoms with Crippen LogP contribution < -0.4 is 10.2 Å². The summed E-state index contributed by atoms with van der Waals surface area (Å²) in [5, 5.41) is 3.39. The summed E-state index contributed by atoms with van der Waals surface area (Å²) >= 11 is 0. The Bertz CT molecular complexity index is 482. The highest BCUT2D eigenvalue weighted by molar-refractivity contribution is 5.42. The molecule has 1 saturated carbocycles. The Kier molecular flexibility index (Phi) is 4.76. The summed E-state index contributed by atoms with van der Waals surface area (Å²) in [7, 11) is 0. The van der Waals surface area contributed by atoms with Crippen LogP contribution in [0.2, 0.25) is 0 Å². The van der Waals surface area contributed by atoms with Crippen molar-refractivity contribution in [3.05, 3.63) is 23.4 Å². The first-order valence-corrected chi connectivity index (χ1v) is 7.29. The number of nitrogens with zero attached hydrogens (tertiary/aromatic N) is 2. The fourth-order valence-electron chi connectivity index (χ4n) is 2.19. The molecule has 0 saturated heterocycles. The molecule has 2 rings (SSSR count). The summed E-state index contributed by atoms with van der Waals surface area (Å²) in [4.78, 5) is 5.65. The summed E-state index contributed by atoms with van der Waals surface area (Å²) in [5.41, 5.74) is 1.83. The number of pyridine rings is 1. The van der Waals surface area contributed by atoms with Gasteiger partial charge in [0.1, 0.15) is 12.4 Å². The standard InChI is InChI=1S/C15H22F3N3/c1-10(2)21(9-15(16,17)18)14-7-4-12(11(3)20-14)8-19-13-5-6-13/h4,7,10,13,19H,5-6,8-9H2,1-3H3. The molecule has 118 valence electrons. The van der Waals surface area contributed by atoms with Crippen LogP contribution in [-0.2, 0) is 6.54 Å². The van der Waals surface area contributed by atoms with E-state index in [1.165, 1.54) is 17.7 Å².